The van der Waals surface area contributed by atoms with Gasteiger partial charge in [-0.15, -0.1) is 0 Å². The van der Waals surface area contributed by atoms with E-state index in [1.807, 2.05) is 13.8 Å². The Labute approximate surface area is 112 Å². The quantitative estimate of drug-likeness (QED) is 0.673. The number of nitrogens with one attached hydrogen (secondary N) is 2. The van der Waals surface area contributed by atoms with Gasteiger partial charge in [0, 0.05) is 25.2 Å². The molecule has 0 bridgehead atoms. The zero-order valence-corrected chi connectivity index (χ0v) is 11.7. The average Bonchev–Trinajstić information content (AvgIpc) is 2.27. The molecule has 1 rings (SSSR count). The first-order valence-electron chi connectivity index (χ1n) is 5.82. The molecule has 106 valence electrons. The van der Waals surface area contributed by atoms with Gasteiger partial charge in [0.05, 0.1) is 0 Å². The van der Waals surface area contributed by atoms with E-state index in [2.05, 4.69) is 15.0 Å². The van der Waals surface area contributed by atoms with Crippen molar-refractivity contribution >= 4 is 21.7 Å². The minimum atomic E-state index is -3.73. The van der Waals surface area contributed by atoms with Gasteiger partial charge >= 0.3 is 0 Å². The Morgan fingerprint density at radius 1 is 1.47 bits per heavy atom. The number of anilines is 1. The Balaban J connectivity index is 2.58. The maximum atomic E-state index is 11.9. The molecule has 7 nitrogen and oxygen atoms in total. The molecule has 0 fully saturated rings. The van der Waals surface area contributed by atoms with E-state index < -0.39 is 10.0 Å². The Morgan fingerprint density at radius 3 is 2.74 bits per heavy atom. The summed E-state index contributed by atoms with van der Waals surface area (Å²) in [5, 5.41) is 2.67. The van der Waals surface area contributed by atoms with Crippen molar-refractivity contribution in [1.82, 2.24) is 15.0 Å². The van der Waals surface area contributed by atoms with E-state index in [1.54, 1.807) is 0 Å². The summed E-state index contributed by atoms with van der Waals surface area (Å²) < 4.78 is 26.1. The van der Waals surface area contributed by atoms with Crippen LogP contribution in [0.4, 0.5) is 5.82 Å². The van der Waals surface area contributed by atoms with Gasteiger partial charge in [-0.2, -0.15) is 0 Å². The zero-order valence-electron chi connectivity index (χ0n) is 10.9. The van der Waals surface area contributed by atoms with E-state index in [1.165, 1.54) is 18.3 Å². The summed E-state index contributed by atoms with van der Waals surface area (Å²) in [5.74, 6) is -0.279. The van der Waals surface area contributed by atoms with Gasteiger partial charge in [-0.05, 0) is 26.0 Å². The molecular weight excluding hydrogens is 268 g/mol. The van der Waals surface area contributed by atoms with Crippen molar-refractivity contribution < 1.29 is 13.2 Å². The van der Waals surface area contributed by atoms with Crippen LogP contribution in [-0.4, -0.2) is 31.9 Å². The molecule has 1 heterocycles. The monoisotopic (exact) mass is 286 g/mol. The smallest absolute Gasteiger partial charge is 0.244 e. The van der Waals surface area contributed by atoms with Crippen LogP contribution in [0.25, 0.3) is 0 Å². The number of carbonyl (C=O) groups excluding carboxylic acids is 1. The normalized spacial score (nSPS) is 11.5. The van der Waals surface area contributed by atoms with Crippen LogP contribution < -0.4 is 15.8 Å². The van der Waals surface area contributed by atoms with Crippen molar-refractivity contribution in [3.63, 3.8) is 0 Å². The molecule has 0 unspecified atom stereocenters. The van der Waals surface area contributed by atoms with Gasteiger partial charge in [-0.3, -0.25) is 4.79 Å². The predicted octanol–water partition coefficient (Wildman–Crippen LogP) is -0.143. The van der Waals surface area contributed by atoms with Crippen LogP contribution >= 0.6 is 0 Å². The van der Waals surface area contributed by atoms with E-state index in [9.17, 15) is 13.2 Å². The van der Waals surface area contributed by atoms with Crippen molar-refractivity contribution in [3.8, 4) is 0 Å². The molecule has 4 N–H and O–H groups in total. The molecule has 0 atom stereocenters. The lowest BCUT2D eigenvalue weighted by Crippen LogP contribution is -2.34. The number of aromatic nitrogens is 1. The Hall–Kier alpha value is -1.67. The molecule has 19 heavy (non-hydrogen) atoms. The standard InChI is InChI=1S/C11H18N4O3S/c1-8(2)15-10(16)5-7-14-19(17,18)9-4-3-6-13-11(9)12/h3-4,6,8,14H,5,7H2,1-2H3,(H2,12,13)(H,15,16). The first kappa shape index (κ1) is 15.4. The minimum Gasteiger partial charge on any atom is -0.383 e. The number of nitrogens with two attached hydrogens (primary N) is 1. The second-order valence-electron chi connectivity index (χ2n) is 4.26. The number of amides is 1. The van der Waals surface area contributed by atoms with Gasteiger partial charge in [-0.25, -0.2) is 18.1 Å². The number of pyridine rings is 1. The molecule has 0 saturated heterocycles. The van der Waals surface area contributed by atoms with E-state index >= 15 is 0 Å². The maximum absolute atomic E-state index is 11.9. The Kier molecular flexibility index (Phi) is 5.25. The summed E-state index contributed by atoms with van der Waals surface area (Å²) in [4.78, 5) is 15.0. The van der Waals surface area contributed by atoms with Crippen molar-refractivity contribution in [2.24, 2.45) is 0 Å². The first-order valence-corrected chi connectivity index (χ1v) is 7.31. The van der Waals surface area contributed by atoms with Crippen molar-refractivity contribution in [2.75, 3.05) is 12.3 Å². The summed E-state index contributed by atoms with van der Waals surface area (Å²) in [6.07, 6.45) is 1.47. The lowest BCUT2D eigenvalue weighted by molar-refractivity contribution is -0.121. The highest BCUT2D eigenvalue weighted by atomic mass is 32.2. The van der Waals surface area contributed by atoms with Crippen LogP contribution in [0.3, 0.4) is 0 Å². The van der Waals surface area contributed by atoms with Crippen LogP contribution in [0.2, 0.25) is 0 Å². The summed E-state index contributed by atoms with van der Waals surface area (Å²) in [7, 11) is -3.73. The number of sulfonamides is 1. The fourth-order valence-corrected chi connectivity index (χ4v) is 2.51. The fourth-order valence-electron chi connectivity index (χ4n) is 1.40. The van der Waals surface area contributed by atoms with Crippen molar-refractivity contribution in [1.29, 1.82) is 0 Å². The second kappa shape index (κ2) is 6.48. The van der Waals surface area contributed by atoms with Crippen molar-refractivity contribution in [3.05, 3.63) is 18.3 Å². The van der Waals surface area contributed by atoms with Gasteiger partial charge in [-0.1, -0.05) is 0 Å². The number of carbonyl (C=O) groups is 1. The number of hydrogen-bond acceptors (Lipinski definition) is 5. The topological polar surface area (TPSA) is 114 Å². The van der Waals surface area contributed by atoms with Gasteiger partial charge < -0.3 is 11.1 Å². The van der Waals surface area contributed by atoms with Crippen LogP contribution in [0.15, 0.2) is 23.2 Å². The highest BCUT2D eigenvalue weighted by Crippen LogP contribution is 2.13. The van der Waals surface area contributed by atoms with Crippen molar-refractivity contribution in [2.45, 2.75) is 31.2 Å². The lowest BCUT2D eigenvalue weighted by Gasteiger charge is -2.10. The molecule has 0 aliphatic rings. The third-order valence-electron chi connectivity index (χ3n) is 2.18. The first-order chi connectivity index (χ1) is 8.83. The van der Waals surface area contributed by atoms with Gasteiger partial charge in [0.1, 0.15) is 10.7 Å². The van der Waals surface area contributed by atoms with Crippen LogP contribution in [0.1, 0.15) is 20.3 Å². The van der Waals surface area contributed by atoms with Gasteiger partial charge in [0.25, 0.3) is 0 Å². The fraction of sp³-hybridized carbons (Fsp3) is 0.455. The van der Waals surface area contributed by atoms with Gasteiger partial charge in [0.15, 0.2) is 0 Å². The molecule has 8 heteroatoms. The Bertz CT molecular complexity index is 543. The predicted molar refractivity (Wildman–Crippen MR) is 71.7 cm³/mol. The minimum absolute atomic E-state index is 0.00915. The Morgan fingerprint density at radius 2 is 2.16 bits per heavy atom. The van der Waals surface area contributed by atoms with E-state index in [0.717, 1.165) is 0 Å². The molecule has 0 saturated carbocycles. The lowest BCUT2D eigenvalue weighted by atomic mass is 10.3. The third-order valence-corrected chi connectivity index (χ3v) is 3.69. The molecule has 0 spiro atoms. The van der Waals surface area contributed by atoms with Crippen LogP contribution in [0, 0.1) is 0 Å². The van der Waals surface area contributed by atoms with E-state index in [4.69, 9.17) is 5.73 Å². The molecular formula is C11H18N4O3S. The largest absolute Gasteiger partial charge is 0.383 e. The van der Waals surface area contributed by atoms with Gasteiger partial charge in [0.2, 0.25) is 15.9 Å². The molecule has 1 aromatic heterocycles. The molecule has 0 aromatic carbocycles. The number of rotatable bonds is 6. The average molecular weight is 286 g/mol. The maximum Gasteiger partial charge on any atom is 0.244 e. The molecule has 0 aliphatic heterocycles. The molecule has 0 aliphatic carbocycles. The number of hydrogen-bond donors (Lipinski definition) is 3. The highest BCUT2D eigenvalue weighted by Gasteiger charge is 2.17. The second-order valence-corrected chi connectivity index (χ2v) is 5.99. The third kappa shape index (κ3) is 4.84. The number of nitrogen functional groups attached to an aromatic ring is 1. The molecule has 1 amide bonds. The van der Waals surface area contributed by atoms with E-state index in [0.29, 0.717) is 0 Å². The van der Waals surface area contributed by atoms with Crippen LogP contribution in [0.5, 0.6) is 0 Å². The zero-order chi connectivity index (χ0) is 14.5. The summed E-state index contributed by atoms with van der Waals surface area (Å²) >= 11 is 0. The number of nitrogens with zero attached hydrogens (tertiary/aromatic N) is 1. The SMILES string of the molecule is CC(C)NC(=O)CCNS(=O)(=O)c1cccnc1N. The van der Waals surface area contributed by atoms with Crippen LogP contribution in [-0.2, 0) is 14.8 Å². The summed E-state index contributed by atoms with van der Waals surface area (Å²) in [6, 6.07) is 2.87. The van der Waals surface area contributed by atoms with E-state index in [-0.39, 0.29) is 35.6 Å². The summed E-state index contributed by atoms with van der Waals surface area (Å²) in [5.41, 5.74) is 5.49. The summed E-state index contributed by atoms with van der Waals surface area (Å²) in [6.45, 7) is 3.67. The highest BCUT2D eigenvalue weighted by molar-refractivity contribution is 7.89. The molecule has 1 aromatic rings. The molecule has 0 radical (unpaired) electrons.